The number of carbonyl (C=O) groups is 1. The molecule has 0 bridgehead atoms. The Labute approximate surface area is 125 Å². The third-order valence-electron chi connectivity index (χ3n) is 3.96. The van der Waals surface area contributed by atoms with Crippen LogP contribution < -0.4 is 5.32 Å². The molecule has 0 aliphatic carbocycles. The first kappa shape index (κ1) is 19.4. The average molecular weight is 286 g/mol. The summed E-state index contributed by atoms with van der Waals surface area (Å²) in [4.78, 5) is 14.5. The number of nitrogens with zero attached hydrogens (tertiary/aromatic N) is 1. The van der Waals surface area contributed by atoms with Crippen molar-refractivity contribution in [2.24, 2.45) is 5.92 Å². The van der Waals surface area contributed by atoms with E-state index in [4.69, 9.17) is 4.74 Å². The third-order valence-corrected chi connectivity index (χ3v) is 3.96. The molecule has 120 valence electrons. The molecule has 1 N–H and O–H groups in total. The predicted octanol–water partition coefficient (Wildman–Crippen LogP) is 2.67. The first-order valence-electron chi connectivity index (χ1n) is 7.79. The Bertz CT molecular complexity index is 292. The third kappa shape index (κ3) is 6.23. The Morgan fingerprint density at radius 2 is 1.80 bits per heavy atom. The lowest BCUT2D eigenvalue weighted by atomic mass is 9.95. The molecule has 0 fully saturated rings. The van der Waals surface area contributed by atoms with Crippen LogP contribution in [0.15, 0.2) is 0 Å². The maximum Gasteiger partial charge on any atom is 0.326 e. The molecule has 0 aromatic rings. The van der Waals surface area contributed by atoms with E-state index in [-0.39, 0.29) is 12.0 Å². The molecule has 2 atom stereocenters. The lowest BCUT2D eigenvalue weighted by Crippen LogP contribution is -2.55. The molecule has 0 heterocycles. The molecule has 2 unspecified atom stereocenters. The highest BCUT2D eigenvalue weighted by molar-refractivity contribution is 5.80. The van der Waals surface area contributed by atoms with E-state index >= 15 is 0 Å². The molecule has 0 aliphatic heterocycles. The van der Waals surface area contributed by atoms with Gasteiger partial charge < -0.3 is 9.64 Å². The van der Waals surface area contributed by atoms with E-state index in [1.165, 1.54) is 0 Å². The van der Waals surface area contributed by atoms with Gasteiger partial charge in [0.05, 0.1) is 6.61 Å². The Morgan fingerprint density at radius 1 is 1.25 bits per heavy atom. The summed E-state index contributed by atoms with van der Waals surface area (Å²) in [6.45, 7) is 15.9. The monoisotopic (exact) mass is 286 g/mol. The quantitative estimate of drug-likeness (QED) is 0.662. The molecule has 0 saturated heterocycles. The van der Waals surface area contributed by atoms with E-state index in [1.807, 2.05) is 13.8 Å². The first-order valence-corrected chi connectivity index (χ1v) is 7.79. The Balaban J connectivity index is 4.70. The number of hydrogen-bond donors (Lipinski definition) is 1. The van der Waals surface area contributed by atoms with Gasteiger partial charge in [-0.3, -0.25) is 10.1 Å². The van der Waals surface area contributed by atoms with Crippen LogP contribution in [-0.4, -0.2) is 48.7 Å². The molecule has 0 amide bonds. The SMILES string of the molecule is CCOC(=O)C(C)(CCN(C)C(C)C(C)C)NC(C)C. The maximum atomic E-state index is 12.2. The molecule has 0 radical (unpaired) electrons. The van der Waals surface area contributed by atoms with Gasteiger partial charge in [0.1, 0.15) is 5.54 Å². The molecule has 0 rings (SSSR count). The first-order chi connectivity index (χ1) is 9.14. The average Bonchev–Trinajstić information content (AvgIpc) is 2.34. The summed E-state index contributed by atoms with van der Waals surface area (Å²) in [7, 11) is 2.12. The summed E-state index contributed by atoms with van der Waals surface area (Å²) >= 11 is 0. The highest BCUT2D eigenvalue weighted by atomic mass is 16.5. The summed E-state index contributed by atoms with van der Waals surface area (Å²) in [6.07, 6.45) is 0.748. The molecule has 20 heavy (non-hydrogen) atoms. The van der Waals surface area contributed by atoms with Gasteiger partial charge in [0.15, 0.2) is 0 Å². The second-order valence-corrected chi connectivity index (χ2v) is 6.57. The van der Waals surface area contributed by atoms with Crippen LogP contribution in [0, 0.1) is 5.92 Å². The van der Waals surface area contributed by atoms with Crippen molar-refractivity contribution in [1.29, 1.82) is 0 Å². The van der Waals surface area contributed by atoms with Crippen LogP contribution in [-0.2, 0) is 9.53 Å². The molecule has 0 aromatic heterocycles. The van der Waals surface area contributed by atoms with Gasteiger partial charge in [-0.15, -0.1) is 0 Å². The Kier molecular flexibility index (Phi) is 8.36. The minimum Gasteiger partial charge on any atom is -0.465 e. The normalized spacial score (nSPS) is 16.6. The van der Waals surface area contributed by atoms with Gasteiger partial charge in [-0.1, -0.05) is 13.8 Å². The fraction of sp³-hybridized carbons (Fsp3) is 0.938. The largest absolute Gasteiger partial charge is 0.465 e. The topological polar surface area (TPSA) is 41.6 Å². The summed E-state index contributed by atoms with van der Waals surface area (Å²) < 4.78 is 5.23. The van der Waals surface area contributed by atoms with Gasteiger partial charge in [0.2, 0.25) is 0 Å². The van der Waals surface area contributed by atoms with Crippen LogP contribution in [0.5, 0.6) is 0 Å². The smallest absolute Gasteiger partial charge is 0.326 e. The van der Waals surface area contributed by atoms with Gasteiger partial charge in [0, 0.05) is 18.6 Å². The fourth-order valence-electron chi connectivity index (χ4n) is 2.27. The molecule has 4 heteroatoms. The second kappa shape index (κ2) is 8.63. The Hall–Kier alpha value is -0.610. The zero-order valence-electron chi connectivity index (χ0n) is 14.6. The number of carbonyl (C=O) groups excluding carboxylic acids is 1. The highest BCUT2D eigenvalue weighted by Gasteiger charge is 2.35. The number of rotatable bonds is 9. The van der Waals surface area contributed by atoms with Gasteiger partial charge in [-0.25, -0.2) is 0 Å². The van der Waals surface area contributed by atoms with Gasteiger partial charge >= 0.3 is 5.97 Å². The van der Waals surface area contributed by atoms with Crippen LogP contribution in [0.4, 0.5) is 0 Å². The van der Waals surface area contributed by atoms with E-state index < -0.39 is 5.54 Å². The second-order valence-electron chi connectivity index (χ2n) is 6.57. The molecular formula is C16H34N2O2. The van der Waals surface area contributed by atoms with Crippen LogP contribution in [0.25, 0.3) is 0 Å². The van der Waals surface area contributed by atoms with Crippen molar-refractivity contribution in [3.8, 4) is 0 Å². The maximum absolute atomic E-state index is 12.2. The Morgan fingerprint density at radius 3 is 2.20 bits per heavy atom. The molecule has 0 aliphatic rings. The number of esters is 1. The van der Waals surface area contributed by atoms with E-state index in [0.717, 1.165) is 13.0 Å². The number of ether oxygens (including phenoxy) is 1. The summed E-state index contributed by atoms with van der Waals surface area (Å²) in [6, 6.07) is 0.748. The molecule has 0 saturated carbocycles. The zero-order valence-corrected chi connectivity index (χ0v) is 14.6. The van der Waals surface area contributed by atoms with Crippen LogP contribution in [0.1, 0.15) is 54.9 Å². The van der Waals surface area contributed by atoms with Crippen LogP contribution >= 0.6 is 0 Å². The minimum absolute atomic E-state index is 0.153. The van der Waals surface area contributed by atoms with Crippen molar-refractivity contribution in [3.05, 3.63) is 0 Å². The van der Waals surface area contributed by atoms with E-state index in [0.29, 0.717) is 18.6 Å². The van der Waals surface area contributed by atoms with Crippen molar-refractivity contribution >= 4 is 5.97 Å². The van der Waals surface area contributed by atoms with Crippen molar-refractivity contribution < 1.29 is 9.53 Å². The molecule has 0 spiro atoms. The van der Waals surface area contributed by atoms with Crippen molar-refractivity contribution in [2.75, 3.05) is 20.2 Å². The predicted molar refractivity (Wildman–Crippen MR) is 84.9 cm³/mol. The zero-order chi connectivity index (χ0) is 15.9. The minimum atomic E-state index is -0.616. The highest BCUT2D eigenvalue weighted by Crippen LogP contribution is 2.16. The fourth-order valence-corrected chi connectivity index (χ4v) is 2.27. The van der Waals surface area contributed by atoms with Crippen molar-refractivity contribution in [1.82, 2.24) is 10.2 Å². The van der Waals surface area contributed by atoms with Gasteiger partial charge in [-0.2, -0.15) is 0 Å². The van der Waals surface area contributed by atoms with Crippen molar-refractivity contribution in [3.63, 3.8) is 0 Å². The van der Waals surface area contributed by atoms with E-state index in [9.17, 15) is 4.79 Å². The standard InChI is InChI=1S/C16H34N2O2/c1-9-20-15(19)16(7,17-13(4)5)10-11-18(8)14(6)12(2)3/h12-14,17H,9-11H2,1-8H3. The van der Waals surface area contributed by atoms with E-state index in [2.05, 4.69) is 51.9 Å². The van der Waals surface area contributed by atoms with Crippen LogP contribution in [0.2, 0.25) is 0 Å². The lowest BCUT2D eigenvalue weighted by molar-refractivity contribution is -0.151. The lowest BCUT2D eigenvalue weighted by Gasteiger charge is -2.34. The van der Waals surface area contributed by atoms with Gasteiger partial charge in [-0.05, 0) is 54.0 Å². The summed E-state index contributed by atoms with van der Waals surface area (Å²) in [5.41, 5.74) is -0.616. The summed E-state index contributed by atoms with van der Waals surface area (Å²) in [5.74, 6) is 0.450. The van der Waals surface area contributed by atoms with E-state index in [1.54, 1.807) is 0 Å². The molecule has 0 aromatic carbocycles. The van der Waals surface area contributed by atoms with Gasteiger partial charge in [0.25, 0.3) is 0 Å². The number of nitrogens with one attached hydrogen (secondary N) is 1. The molecule has 4 nitrogen and oxygen atoms in total. The van der Waals surface area contributed by atoms with Crippen molar-refractivity contribution in [2.45, 2.75) is 72.5 Å². The number of hydrogen-bond acceptors (Lipinski definition) is 4. The molecular weight excluding hydrogens is 252 g/mol. The summed E-state index contributed by atoms with van der Waals surface area (Å²) in [5, 5.41) is 3.36. The van der Waals surface area contributed by atoms with Crippen LogP contribution in [0.3, 0.4) is 0 Å².